The summed E-state index contributed by atoms with van der Waals surface area (Å²) in [5, 5.41) is 10.4. The molecule has 0 spiro atoms. The second-order valence-corrected chi connectivity index (χ2v) is 6.73. The second-order valence-electron chi connectivity index (χ2n) is 6.73. The Kier molecular flexibility index (Phi) is 6.87. The van der Waals surface area contributed by atoms with Crippen molar-refractivity contribution in [2.75, 3.05) is 59.1 Å². The van der Waals surface area contributed by atoms with Gasteiger partial charge in [0.1, 0.15) is 5.75 Å². The van der Waals surface area contributed by atoms with Crippen molar-refractivity contribution >= 4 is 5.57 Å². The van der Waals surface area contributed by atoms with Crippen LogP contribution in [0.2, 0.25) is 0 Å². The van der Waals surface area contributed by atoms with E-state index in [1.807, 2.05) is 19.1 Å². The fourth-order valence-corrected chi connectivity index (χ4v) is 3.57. The Balaban J connectivity index is 1.52. The number of aliphatic hydroxyl groups is 1. The molecular formula is C20H30N2O3. The molecule has 3 rings (SSSR count). The van der Waals surface area contributed by atoms with Gasteiger partial charge in [-0.25, -0.2) is 0 Å². The van der Waals surface area contributed by atoms with E-state index in [4.69, 9.17) is 9.47 Å². The fourth-order valence-electron chi connectivity index (χ4n) is 3.57. The minimum atomic E-state index is -0.302. The number of aliphatic hydroxyl groups excluding tert-OH is 1. The number of morpholine rings is 1. The second kappa shape index (κ2) is 9.34. The molecule has 0 radical (unpaired) electrons. The molecule has 0 amide bonds. The predicted molar refractivity (Wildman–Crippen MR) is 99.9 cm³/mol. The average molecular weight is 346 g/mol. The van der Waals surface area contributed by atoms with E-state index in [0.29, 0.717) is 6.61 Å². The lowest BCUT2D eigenvalue weighted by Gasteiger charge is -2.32. The lowest BCUT2D eigenvalue weighted by molar-refractivity contribution is 0.00768. The zero-order valence-corrected chi connectivity index (χ0v) is 15.2. The molecule has 5 heteroatoms. The quantitative estimate of drug-likeness (QED) is 0.817. The van der Waals surface area contributed by atoms with Crippen LogP contribution in [0.4, 0.5) is 0 Å². The van der Waals surface area contributed by atoms with E-state index in [1.165, 1.54) is 11.1 Å². The molecule has 2 aliphatic rings. The molecule has 1 aromatic carbocycles. The highest BCUT2D eigenvalue weighted by Crippen LogP contribution is 2.30. The maximum Gasteiger partial charge on any atom is 0.126 e. The van der Waals surface area contributed by atoms with Crippen LogP contribution in [0.25, 0.3) is 5.57 Å². The topological polar surface area (TPSA) is 45.2 Å². The molecule has 2 aliphatic heterocycles. The smallest absolute Gasteiger partial charge is 0.126 e. The van der Waals surface area contributed by atoms with Crippen LogP contribution >= 0.6 is 0 Å². The predicted octanol–water partition coefficient (Wildman–Crippen LogP) is 1.87. The van der Waals surface area contributed by atoms with Crippen LogP contribution in [0.3, 0.4) is 0 Å². The van der Waals surface area contributed by atoms with Crippen molar-refractivity contribution in [1.29, 1.82) is 0 Å². The van der Waals surface area contributed by atoms with E-state index in [1.54, 1.807) is 0 Å². The molecule has 0 bridgehead atoms. The van der Waals surface area contributed by atoms with Crippen molar-refractivity contribution in [1.82, 2.24) is 9.80 Å². The van der Waals surface area contributed by atoms with Crippen molar-refractivity contribution in [3.05, 3.63) is 35.9 Å². The summed E-state index contributed by atoms with van der Waals surface area (Å²) in [6, 6.07) is 8.27. The molecule has 138 valence electrons. The Morgan fingerprint density at radius 1 is 1.12 bits per heavy atom. The van der Waals surface area contributed by atoms with Gasteiger partial charge in [-0.15, -0.1) is 0 Å². The van der Waals surface area contributed by atoms with Crippen LogP contribution < -0.4 is 4.74 Å². The van der Waals surface area contributed by atoms with E-state index < -0.39 is 0 Å². The maximum atomic E-state index is 10.4. The van der Waals surface area contributed by atoms with E-state index in [9.17, 15) is 5.11 Å². The van der Waals surface area contributed by atoms with Gasteiger partial charge in [0.15, 0.2) is 0 Å². The minimum absolute atomic E-state index is 0.302. The number of nitrogens with zero attached hydrogens (tertiary/aromatic N) is 2. The van der Waals surface area contributed by atoms with Gasteiger partial charge in [0.2, 0.25) is 0 Å². The summed E-state index contributed by atoms with van der Waals surface area (Å²) < 4.78 is 11.1. The van der Waals surface area contributed by atoms with E-state index in [2.05, 4.69) is 28.0 Å². The first kappa shape index (κ1) is 18.4. The first-order valence-corrected chi connectivity index (χ1v) is 9.38. The van der Waals surface area contributed by atoms with Gasteiger partial charge in [-0.2, -0.15) is 0 Å². The molecule has 1 fully saturated rings. The van der Waals surface area contributed by atoms with Crippen molar-refractivity contribution in [2.24, 2.45) is 0 Å². The molecule has 5 nitrogen and oxygen atoms in total. The summed E-state index contributed by atoms with van der Waals surface area (Å²) in [6.45, 7) is 9.45. The monoisotopic (exact) mass is 346 g/mol. The Bertz CT molecular complexity index is 570. The summed E-state index contributed by atoms with van der Waals surface area (Å²) in [7, 11) is 0. The summed E-state index contributed by atoms with van der Waals surface area (Å²) in [5.41, 5.74) is 2.56. The maximum absolute atomic E-state index is 10.4. The van der Waals surface area contributed by atoms with Gasteiger partial charge in [-0.1, -0.05) is 24.3 Å². The number of β-amino-alcohol motifs (C(OH)–C–C–N with tert-alkyl or cyclic N) is 1. The van der Waals surface area contributed by atoms with Crippen molar-refractivity contribution in [2.45, 2.75) is 19.4 Å². The molecule has 1 N–H and O–H groups in total. The Morgan fingerprint density at radius 3 is 2.60 bits per heavy atom. The number of hydrogen-bond acceptors (Lipinski definition) is 5. The zero-order valence-electron chi connectivity index (χ0n) is 15.2. The van der Waals surface area contributed by atoms with Crippen LogP contribution in [0.15, 0.2) is 30.3 Å². The Labute approximate surface area is 150 Å². The van der Waals surface area contributed by atoms with Gasteiger partial charge in [-0.05, 0) is 25.0 Å². The van der Waals surface area contributed by atoms with Gasteiger partial charge in [0, 0.05) is 44.8 Å². The number of hydrogen-bond donors (Lipinski definition) is 1. The van der Waals surface area contributed by atoms with E-state index in [-0.39, 0.29) is 6.10 Å². The number of benzene rings is 1. The van der Waals surface area contributed by atoms with Gasteiger partial charge in [0.25, 0.3) is 0 Å². The largest absolute Gasteiger partial charge is 0.493 e. The van der Waals surface area contributed by atoms with Crippen molar-refractivity contribution in [3.8, 4) is 5.75 Å². The SMILES string of the molecule is CCOc1ccccc1C1=CCN(CC(O)CN2CCOCC2)CC1. The van der Waals surface area contributed by atoms with Crippen LogP contribution in [0.1, 0.15) is 18.9 Å². The highest BCUT2D eigenvalue weighted by molar-refractivity contribution is 5.71. The van der Waals surface area contributed by atoms with Crippen LogP contribution in [-0.2, 0) is 4.74 Å². The van der Waals surface area contributed by atoms with Crippen LogP contribution in [0, 0.1) is 0 Å². The third-order valence-corrected chi connectivity index (χ3v) is 4.87. The molecule has 1 saturated heterocycles. The molecule has 0 aromatic heterocycles. The van der Waals surface area contributed by atoms with Gasteiger partial charge < -0.3 is 14.6 Å². The zero-order chi connectivity index (χ0) is 17.5. The molecule has 25 heavy (non-hydrogen) atoms. The van der Waals surface area contributed by atoms with E-state index in [0.717, 1.165) is 64.7 Å². The third-order valence-electron chi connectivity index (χ3n) is 4.87. The van der Waals surface area contributed by atoms with Crippen LogP contribution in [0.5, 0.6) is 5.75 Å². The lowest BCUT2D eigenvalue weighted by Crippen LogP contribution is -2.45. The van der Waals surface area contributed by atoms with Crippen LogP contribution in [-0.4, -0.2) is 80.1 Å². The van der Waals surface area contributed by atoms with Gasteiger partial charge in [-0.3, -0.25) is 9.80 Å². The van der Waals surface area contributed by atoms with Crippen molar-refractivity contribution < 1.29 is 14.6 Å². The number of ether oxygens (including phenoxy) is 2. The summed E-state index contributed by atoms with van der Waals surface area (Å²) in [6.07, 6.45) is 2.97. The Morgan fingerprint density at radius 2 is 1.88 bits per heavy atom. The third kappa shape index (κ3) is 5.28. The summed E-state index contributed by atoms with van der Waals surface area (Å²) >= 11 is 0. The highest BCUT2D eigenvalue weighted by atomic mass is 16.5. The molecule has 2 heterocycles. The number of rotatable bonds is 7. The molecule has 0 aliphatic carbocycles. The van der Waals surface area contributed by atoms with Gasteiger partial charge in [0.05, 0.1) is 25.9 Å². The minimum Gasteiger partial charge on any atom is -0.493 e. The average Bonchev–Trinajstić information content (AvgIpc) is 2.64. The van der Waals surface area contributed by atoms with Crippen molar-refractivity contribution in [3.63, 3.8) is 0 Å². The van der Waals surface area contributed by atoms with E-state index >= 15 is 0 Å². The molecule has 1 unspecified atom stereocenters. The summed E-state index contributed by atoms with van der Waals surface area (Å²) in [5.74, 6) is 0.969. The molecular weight excluding hydrogens is 316 g/mol. The first-order chi connectivity index (χ1) is 12.3. The standard InChI is InChI=1S/C20H30N2O3/c1-2-25-20-6-4-3-5-19(20)17-7-9-21(10-8-17)15-18(23)16-22-11-13-24-14-12-22/h3-7,18,23H,2,8-16H2,1H3. The Hall–Kier alpha value is -1.40. The molecule has 0 saturated carbocycles. The fraction of sp³-hybridized carbons (Fsp3) is 0.600. The molecule has 1 aromatic rings. The lowest BCUT2D eigenvalue weighted by atomic mass is 9.98. The first-order valence-electron chi connectivity index (χ1n) is 9.38. The number of para-hydroxylation sites is 1. The normalized spacial score (nSPS) is 21.0. The molecule has 1 atom stereocenters. The summed E-state index contributed by atoms with van der Waals surface area (Å²) in [4.78, 5) is 4.62. The van der Waals surface area contributed by atoms with Gasteiger partial charge >= 0.3 is 0 Å². The highest BCUT2D eigenvalue weighted by Gasteiger charge is 2.20.